The Kier molecular flexibility index (Phi) is 6.75. The summed E-state index contributed by atoms with van der Waals surface area (Å²) in [7, 11) is 1.80. The van der Waals surface area contributed by atoms with Crippen LogP contribution in [-0.4, -0.2) is 43.4 Å². The van der Waals surface area contributed by atoms with E-state index in [0.29, 0.717) is 13.1 Å². The summed E-state index contributed by atoms with van der Waals surface area (Å²) in [6.45, 7) is 7.00. The lowest BCUT2D eigenvalue weighted by Gasteiger charge is -2.28. The number of hydrazine groups is 1. The molecule has 0 aliphatic rings. The van der Waals surface area contributed by atoms with Gasteiger partial charge in [0.25, 0.3) is 0 Å². The van der Waals surface area contributed by atoms with E-state index in [1.54, 1.807) is 25.8 Å². The molecule has 0 atom stereocenters. The highest BCUT2D eigenvalue weighted by Crippen LogP contribution is 2.15. The van der Waals surface area contributed by atoms with Crippen LogP contribution in [-0.2, 0) is 9.59 Å². The zero-order valence-corrected chi connectivity index (χ0v) is 11.2. The lowest BCUT2D eigenvalue weighted by Crippen LogP contribution is -2.48. The van der Waals surface area contributed by atoms with Crippen LogP contribution in [0.5, 0.6) is 0 Å². The third-order valence-electron chi connectivity index (χ3n) is 2.40. The Hall–Kier alpha value is -1.14. The first-order chi connectivity index (χ1) is 7.83. The summed E-state index contributed by atoms with van der Waals surface area (Å²) in [4.78, 5) is 24.7. The van der Waals surface area contributed by atoms with Gasteiger partial charge in [0.05, 0.1) is 12.0 Å². The monoisotopic (exact) mass is 244 g/mol. The van der Waals surface area contributed by atoms with Crippen LogP contribution in [0.2, 0.25) is 0 Å². The molecule has 0 heterocycles. The Labute approximate surface area is 103 Å². The fourth-order valence-electron chi connectivity index (χ4n) is 1.56. The summed E-state index contributed by atoms with van der Waals surface area (Å²) < 4.78 is 0. The molecule has 0 aliphatic heterocycles. The summed E-state index contributed by atoms with van der Waals surface area (Å²) in [6, 6.07) is 0. The second-order valence-electron chi connectivity index (χ2n) is 4.88. The summed E-state index contributed by atoms with van der Waals surface area (Å²) in [5.74, 6) is 4.84. The molecular formula is C11H24N4O2. The Morgan fingerprint density at radius 2 is 1.94 bits per heavy atom. The maximum absolute atomic E-state index is 11.5. The molecule has 0 fully saturated rings. The number of carbonyl (C=O) groups excluding carboxylic acids is 2. The van der Waals surface area contributed by atoms with Crippen molar-refractivity contribution in [2.45, 2.75) is 27.2 Å². The van der Waals surface area contributed by atoms with E-state index in [0.717, 1.165) is 6.42 Å². The molecule has 6 nitrogen and oxygen atoms in total. The van der Waals surface area contributed by atoms with Gasteiger partial charge >= 0.3 is 0 Å². The smallest absolute Gasteiger partial charge is 0.240 e. The molecule has 0 saturated heterocycles. The summed E-state index contributed by atoms with van der Waals surface area (Å²) in [5, 5.41) is 2.79. The van der Waals surface area contributed by atoms with Crippen molar-refractivity contribution in [3.8, 4) is 0 Å². The van der Waals surface area contributed by atoms with Crippen LogP contribution in [0.25, 0.3) is 0 Å². The van der Waals surface area contributed by atoms with Crippen molar-refractivity contribution in [2.75, 3.05) is 26.7 Å². The summed E-state index contributed by atoms with van der Waals surface area (Å²) in [6.07, 6.45) is 0.913. The average Bonchev–Trinajstić information content (AvgIpc) is 2.23. The zero-order chi connectivity index (χ0) is 13.5. The maximum Gasteiger partial charge on any atom is 0.240 e. The molecule has 0 spiro atoms. The van der Waals surface area contributed by atoms with Crippen LogP contribution in [0, 0.1) is 5.41 Å². The molecule has 17 heavy (non-hydrogen) atoms. The van der Waals surface area contributed by atoms with Gasteiger partial charge in [-0.3, -0.25) is 19.9 Å². The number of nitrogens with two attached hydrogens (primary N) is 1. The quantitative estimate of drug-likeness (QED) is 0.319. The topological polar surface area (TPSA) is 87.5 Å². The Morgan fingerprint density at radius 3 is 2.41 bits per heavy atom. The minimum atomic E-state index is -0.617. The van der Waals surface area contributed by atoms with Crippen molar-refractivity contribution >= 4 is 11.8 Å². The van der Waals surface area contributed by atoms with Gasteiger partial charge in [-0.05, 0) is 27.3 Å². The van der Waals surface area contributed by atoms with Gasteiger partial charge in [-0.2, -0.15) is 0 Å². The lowest BCUT2D eigenvalue weighted by atomic mass is 9.92. The van der Waals surface area contributed by atoms with E-state index in [9.17, 15) is 9.59 Å². The number of rotatable bonds is 7. The maximum atomic E-state index is 11.5. The highest BCUT2D eigenvalue weighted by Gasteiger charge is 2.28. The van der Waals surface area contributed by atoms with Crippen molar-refractivity contribution in [3.05, 3.63) is 0 Å². The number of hydrogen-bond acceptors (Lipinski definition) is 4. The minimum absolute atomic E-state index is 0.0293. The summed E-state index contributed by atoms with van der Waals surface area (Å²) >= 11 is 0. The fraction of sp³-hybridized carbons (Fsp3) is 0.818. The largest absolute Gasteiger partial charge is 0.355 e. The van der Waals surface area contributed by atoms with Crippen LogP contribution in [0.3, 0.4) is 0 Å². The third-order valence-corrected chi connectivity index (χ3v) is 2.40. The van der Waals surface area contributed by atoms with E-state index in [1.165, 1.54) is 0 Å². The van der Waals surface area contributed by atoms with Crippen molar-refractivity contribution in [1.29, 1.82) is 0 Å². The molecule has 4 N–H and O–H groups in total. The molecule has 0 aromatic heterocycles. The fourth-order valence-corrected chi connectivity index (χ4v) is 1.56. The van der Waals surface area contributed by atoms with Crippen LogP contribution in [0.4, 0.5) is 0 Å². The first-order valence-corrected chi connectivity index (χ1v) is 5.79. The van der Waals surface area contributed by atoms with Crippen molar-refractivity contribution in [1.82, 2.24) is 15.6 Å². The van der Waals surface area contributed by atoms with Gasteiger partial charge in [0.2, 0.25) is 11.8 Å². The lowest BCUT2D eigenvalue weighted by molar-refractivity contribution is -0.131. The highest BCUT2D eigenvalue weighted by molar-refractivity contribution is 5.81. The van der Waals surface area contributed by atoms with Crippen LogP contribution in [0.1, 0.15) is 27.2 Å². The normalized spacial score (nSPS) is 11.4. The van der Waals surface area contributed by atoms with Gasteiger partial charge in [0, 0.05) is 13.1 Å². The van der Waals surface area contributed by atoms with Crippen LogP contribution >= 0.6 is 0 Å². The molecule has 0 bridgehead atoms. The number of hydrogen-bond donors (Lipinski definition) is 3. The predicted octanol–water partition coefficient (Wildman–Crippen LogP) is -0.539. The molecule has 0 radical (unpaired) electrons. The minimum Gasteiger partial charge on any atom is -0.355 e. The molecule has 0 rings (SSSR count). The SMILES string of the molecule is CCCNC(=O)CN(C)CC(C)(C)C(=O)NN. The number of likely N-dealkylation sites (N-methyl/N-ethyl adjacent to an activating group) is 1. The second kappa shape index (κ2) is 7.24. The Bertz CT molecular complexity index is 266. The van der Waals surface area contributed by atoms with Crippen molar-refractivity contribution in [3.63, 3.8) is 0 Å². The molecule has 6 heteroatoms. The van der Waals surface area contributed by atoms with Gasteiger partial charge in [0.1, 0.15) is 0 Å². The Morgan fingerprint density at radius 1 is 1.35 bits per heavy atom. The summed E-state index contributed by atoms with van der Waals surface area (Å²) in [5.41, 5.74) is 1.52. The van der Waals surface area contributed by atoms with E-state index in [1.807, 2.05) is 6.92 Å². The molecule has 0 aromatic rings. The number of nitrogens with one attached hydrogen (secondary N) is 2. The molecule has 100 valence electrons. The first kappa shape index (κ1) is 15.9. The molecule has 0 aliphatic carbocycles. The first-order valence-electron chi connectivity index (χ1n) is 5.79. The number of carbonyl (C=O) groups is 2. The molecule has 2 amide bonds. The van der Waals surface area contributed by atoms with E-state index in [2.05, 4.69) is 10.7 Å². The van der Waals surface area contributed by atoms with Gasteiger partial charge in [-0.15, -0.1) is 0 Å². The molecule has 0 aromatic carbocycles. The van der Waals surface area contributed by atoms with Gasteiger partial charge in [-0.25, -0.2) is 5.84 Å². The number of amides is 2. The highest BCUT2D eigenvalue weighted by atomic mass is 16.2. The van der Waals surface area contributed by atoms with Gasteiger partial charge < -0.3 is 5.32 Å². The molecular weight excluding hydrogens is 220 g/mol. The number of nitrogens with zero attached hydrogens (tertiary/aromatic N) is 1. The third kappa shape index (κ3) is 6.23. The standard InChI is InChI=1S/C11H24N4O2/c1-5-6-13-9(16)7-15(4)8-11(2,3)10(17)14-12/h5-8,12H2,1-4H3,(H,13,16)(H,14,17). The predicted molar refractivity (Wildman–Crippen MR) is 66.9 cm³/mol. The van der Waals surface area contributed by atoms with Gasteiger partial charge in [0.15, 0.2) is 0 Å². The molecule has 0 unspecified atom stereocenters. The van der Waals surface area contributed by atoms with E-state index in [-0.39, 0.29) is 18.4 Å². The van der Waals surface area contributed by atoms with E-state index in [4.69, 9.17) is 5.84 Å². The van der Waals surface area contributed by atoms with Crippen LogP contribution in [0.15, 0.2) is 0 Å². The Balaban J connectivity index is 4.12. The zero-order valence-electron chi connectivity index (χ0n) is 11.2. The van der Waals surface area contributed by atoms with Crippen LogP contribution < -0.4 is 16.6 Å². The van der Waals surface area contributed by atoms with E-state index < -0.39 is 5.41 Å². The van der Waals surface area contributed by atoms with Crippen molar-refractivity contribution < 1.29 is 9.59 Å². The average molecular weight is 244 g/mol. The van der Waals surface area contributed by atoms with E-state index >= 15 is 0 Å². The molecule has 0 saturated carbocycles. The van der Waals surface area contributed by atoms with Gasteiger partial charge in [-0.1, -0.05) is 6.92 Å². The van der Waals surface area contributed by atoms with Crippen molar-refractivity contribution in [2.24, 2.45) is 11.3 Å². The second-order valence-corrected chi connectivity index (χ2v) is 4.88.